The molecular weight excluding hydrogens is 483 g/mol. The van der Waals surface area contributed by atoms with Crippen LogP contribution in [0.15, 0.2) is 49.3 Å². The first kappa shape index (κ1) is 20.9. The Balaban J connectivity index is 1.98. The Morgan fingerprint density at radius 3 is 2.17 bits per heavy atom. The fraction of sp³-hybridized carbons (Fsp3) is 0.125. The van der Waals surface area contributed by atoms with Crippen molar-refractivity contribution in [1.29, 1.82) is 0 Å². The molecule has 0 aliphatic heterocycles. The molecule has 1 heterocycles. The maximum Gasteiger partial charge on any atom is 0.573 e. The van der Waals surface area contributed by atoms with Gasteiger partial charge in [-0.15, -0.1) is 13.2 Å². The van der Waals surface area contributed by atoms with Gasteiger partial charge in [-0.25, -0.2) is 8.42 Å². The number of benzene rings is 2. The van der Waals surface area contributed by atoms with Crippen LogP contribution in [-0.4, -0.2) is 24.7 Å². The van der Waals surface area contributed by atoms with E-state index in [1.807, 2.05) is 0 Å². The number of hydrogen-bond donors (Lipinski definition) is 3. The van der Waals surface area contributed by atoms with Crippen molar-refractivity contribution in [3.8, 4) is 5.75 Å². The van der Waals surface area contributed by atoms with Crippen molar-refractivity contribution in [2.24, 2.45) is 0 Å². The van der Waals surface area contributed by atoms with Crippen LogP contribution in [0.4, 0.5) is 18.9 Å². The third kappa shape index (κ3) is 4.62. The summed E-state index contributed by atoms with van der Waals surface area (Å²) in [6, 6.07) is 5.69. The molecule has 0 saturated heterocycles. The van der Waals surface area contributed by atoms with Gasteiger partial charge in [-0.1, -0.05) is 0 Å². The Kier molecular flexibility index (Phi) is 5.21. The lowest BCUT2D eigenvalue weighted by Gasteiger charge is -2.14. The molecule has 0 atom stereocenters. The van der Waals surface area contributed by atoms with Crippen molar-refractivity contribution in [2.45, 2.75) is 18.2 Å². The standard InChI is InChI=1S/C16H11BrF3N3O5S/c1-7-4-10-11(22-15(25)14(24)21-10)6-13(7)29(26,27)23-8-2-3-12(9(17)5-8)28-16(18,19)20/h2-6,23H,1H3,(H,21,24)(H,22,25). The average molecular weight is 494 g/mol. The summed E-state index contributed by atoms with van der Waals surface area (Å²) in [7, 11) is -4.17. The smallest absolute Gasteiger partial charge is 0.405 e. The van der Waals surface area contributed by atoms with E-state index in [2.05, 4.69) is 35.4 Å². The number of anilines is 1. The van der Waals surface area contributed by atoms with Gasteiger partial charge < -0.3 is 14.7 Å². The predicted molar refractivity (Wildman–Crippen MR) is 102 cm³/mol. The third-order valence-electron chi connectivity index (χ3n) is 3.72. The molecule has 0 unspecified atom stereocenters. The number of ether oxygens (including phenoxy) is 1. The van der Waals surface area contributed by atoms with Gasteiger partial charge in [-0.05, 0) is 58.7 Å². The molecule has 0 fully saturated rings. The van der Waals surface area contributed by atoms with E-state index in [-0.39, 0.29) is 31.7 Å². The first-order valence-corrected chi connectivity index (χ1v) is 9.98. The Morgan fingerprint density at radius 2 is 1.62 bits per heavy atom. The first-order valence-electron chi connectivity index (χ1n) is 7.71. The van der Waals surface area contributed by atoms with Gasteiger partial charge in [-0.2, -0.15) is 0 Å². The highest BCUT2D eigenvalue weighted by molar-refractivity contribution is 9.10. The second-order valence-electron chi connectivity index (χ2n) is 5.87. The molecule has 0 amide bonds. The Bertz CT molecular complexity index is 1330. The normalized spacial score (nSPS) is 12.2. The van der Waals surface area contributed by atoms with Gasteiger partial charge in [-0.3, -0.25) is 14.3 Å². The Hall–Kier alpha value is -2.80. The molecule has 154 valence electrons. The number of aromatic amines is 2. The Morgan fingerprint density at radius 1 is 1.03 bits per heavy atom. The maximum atomic E-state index is 12.7. The van der Waals surface area contributed by atoms with Crippen LogP contribution >= 0.6 is 15.9 Å². The maximum absolute atomic E-state index is 12.7. The van der Waals surface area contributed by atoms with E-state index in [1.165, 1.54) is 19.1 Å². The number of aromatic nitrogens is 2. The second kappa shape index (κ2) is 7.22. The molecule has 0 spiro atoms. The zero-order valence-electron chi connectivity index (χ0n) is 14.3. The summed E-state index contributed by atoms with van der Waals surface area (Å²) in [6.07, 6.45) is -4.90. The van der Waals surface area contributed by atoms with Crippen LogP contribution in [0.2, 0.25) is 0 Å². The molecule has 8 nitrogen and oxygen atoms in total. The highest BCUT2D eigenvalue weighted by atomic mass is 79.9. The van der Waals surface area contributed by atoms with Crippen LogP contribution in [0.3, 0.4) is 0 Å². The van der Waals surface area contributed by atoms with Gasteiger partial charge in [0.15, 0.2) is 0 Å². The number of rotatable bonds is 4. The summed E-state index contributed by atoms with van der Waals surface area (Å²) in [4.78, 5) is 27.3. The molecule has 0 aliphatic rings. The topological polar surface area (TPSA) is 121 Å². The molecule has 3 N–H and O–H groups in total. The lowest BCUT2D eigenvalue weighted by Crippen LogP contribution is -2.29. The van der Waals surface area contributed by atoms with Crippen molar-refractivity contribution in [1.82, 2.24) is 9.97 Å². The molecule has 3 aromatic rings. The molecule has 0 radical (unpaired) electrons. The number of hydrogen-bond acceptors (Lipinski definition) is 5. The lowest BCUT2D eigenvalue weighted by atomic mass is 10.2. The minimum atomic E-state index is -4.90. The van der Waals surface area contributed by atoms with E-state index in [4.69, 9.17) is 0 Å². The third-order valence-corrected chi connectivity index (χ3v) is 5.86. The molecule has 0 aliphatic carbocycles. The zero-order valence-corrected chi connectivity index (χ0v) is 16.8. The first-order chi connectivity index (χ1) is 13.4. The summed E-state index contributed by atoms with van der Waals surface area (Å²) in [5.41, 5.74) is -1.25. The van der Waals surface area contributed by atoms with E-state index in [1.54, 1.807) is 0 Å². The van der Waals surface area contributed by atoms with E-state index < -0.39 is 33.3 Å². The van der Waals surface area contributed by atoms with Crippen molar-refractivity contribution >= 4 is 42.7 Å². The highest BCUT2D eigenvalue weighted by Gasteiger charge is 2.32. The zero-order chi connectivity index (χ0) is 21.6. The minimum absolute atomic E-state index is 0.0270. The van der Waals surface area contributed by atoms with Crippen LogP contribution in [0.25, 0.3) is 11.0 Å². The van der Waals surface area contributed by atoms with Crippen molar-refractivity contribution in [3.63, 3.8) is 0 Å². The van der Waals surface area contributed by atoms with Crippen molar-refractivity contribution in [3.05, 3.63) is 61.1 Å². The number of H-pyrrole nitrogens is 2. The van der Waals surface area contributed by atoms with E-state index in [0.29, 0.717) is 0 Å². The van der Waals surface area contributed by atoms with Crippen molar-refractivity contribution in [2.75, 3.05) is 4.72 Å². The van der Waals surface area contributed by atoms with Gasteiger partial charge in [0.1, 0.15) is 5.75 Å². The van der Waals surface area contributed by atoms with Gasteiger partial charge in [0.25, 0.3) is 10.0 Å². The molecule has 29 heavy (non-hydrogen) atoms. The van der Waals surface area contributed by atoms with Crippen LogP contribution in [0.1, 0.15) is 5.56 Å². The van der Waals surface area contributed by atoms with Crippen LogP contribution in [0, 0.1) is 6.92 Å². The quantitative estimate of drug-likeness (QED) is 0.482. The molecule has 1 aromatic heterocycles. The molecule has 0 saturated carbocycles. The van der Waals surface area contributed by atoms with Crippen LogP contribution in [-0.2, 0) is 10.0 Å². The largest absolute Gasteiger partial charge is 0.573 e. The summed E-state index contributed by atoms with van der Waals surface area (Å²) in [5, 5.41) is 0. The molecule has 13 heteroatoms. The number of aryl methyl sites for hydroxylation is 1. The SMILES string of the molecule is Cc1cc2[nH]c(=O)c(=O)[nH]c2cc1S(=O)(=O)Nc1ccc(OC(F)(F)F)c(Br)c1. The number of halogens is 4. The van der Waals surface area contributed by atoms with Crippen LogP contribution < -0.4 is 20.6 Å². The fourth-order valence-corrected chi connectivity index (χ4v) is 4.29. The predicted octanol–water partition coefficient (Wildman–Crippen LogP) is 2.99. The lowest BCUT2D eigenvalue weighted by molar-refractivity contribution is -0.274. The number of sulfonamides is 1. The highest BCUT2D eigenvalue weighted by Crippen LogP contribution is 2.33. The van der Waals surface area contributed by atoms with Crippen LogP contribution in [0.5, 0.6) is 5.75 Å². The molecule has 3 rings (SSSR count). The molecule has 2 aromatic carbocycles. The number of nitrogens with one attached hydrogen (secondary N) is 3. The van der Waals surface area contributed by atoms with E-state index >= 15 is 0 Å². The van der Waals surface area contributed by atoms with Gasteiger partial charge in [0.2, 0.25) is 0 Å². The number of fused-ring (bicyclic) bond motifs is 1. The van der Waals surface area contributed by atoms with Gasteiger partial charge in [0, 0.05) is 0 Å². The van der Waals surface area contributed by atoms with Gasteiger partial charge in [0.05, 0.1) is 26.1 Å². The summed E-state index contributed by atoms with van der Waals surface area (Å²) >= 11 is 2.89. The van der Waals surface area contributed by atoms with E-state index in [9.17, 15) is 31.2 Å². The minimum Gasteiger partial charge on any atom is -0.405 e. The summed E-state index contributed by atoms with van der Waals surface area (Å²) in [5.74, 6) is -0.538. The monoisotopic (exact) mass is 493 g/mol. The average Bonchev–Trinajstić information content (AvgIpc) is 2.57. The molecular formula is C16H11BrF3N3O5S. The van der Waals surface area contributed by atoms with Crippen molar-refractivity contribution < 1.29 is 26.3 Å². The Labute approximate surface area is 168 Å². The van der Waals surface area contributed by atoms with Gasteiger partial charge >= 0.3 is 17.5 Å². The van der Waals surface area contributed by atoms with E-state index in [0.717, 1.165) is 18.2 Å². The second-order valence-corrected chi connectivity index (χ2v) is 8.38. The molecule has 0 bridgehead atoms. The summed E-state index contributed by atoms with van der Waals surface area (Å²) in [6.45, 7) is 1.48. The fourth-order valence-electron chi connectivity index (χ4n) is 2.52. The number of alkyl halides is 3. The summed E-state index contributed by atoms with van der Waals surface area (Å²) < 4.78 is 68.4.